The van der Waals surface area contributed by atoms with Crippen LogP contribution in [0.25, 0.3) is 11.1 Å². The number of nitriles is 1. The fourth-order valence-electron chi connectivity index (χ4n) is 2.93. The molecule has 0 aromatic heterocycles. The van der Waals surface area contributed by atoms with E-state index in [1.165, 1.54) is 36.1 Å². The van der Waals surface area contributed by atoms with Gasteiger partial charge in [0.1, 0.15) is 11.9 Å². The van der Waals surface area contributed by atoms with Crippen LogP contribution < -0.4 is 15.5 Å². The van der Waals surface area contributed by atoms with Crippen molar-refractivity contribution in [3.05, 3.63) is 53.8 Å². The van der Waals surface area contributed by atoms with Gasteiger partial charge in [0.2, 0.25) is 5.91 Å². The van der Waals surface area contributed by atoms with Gasteiger partial charge in [-0.1, -0.05) is 12.1 Å². The highest BCUT2D eigenvalue weighted by Crippen LogP contribution is 2.29. The summed E-state index contributed by atoms with van der Waals surface area (Å²) in [6.45, 7) is 1.75. The lowest BCUT2D eigenvalue weighted by molar-refractivity contribution is -0.119. The van der Waals surface area contributed by atoms with E-state index in [1.807, 2.05) is 5.32 Å². The van der Waals surface area contributed by atoms with E-state index in [0.29, 0.717) is 16.8 Å². The van der Waals surface area contributed by atoms with E-state index in [-0.39, 0.29) is 24.6 Å². The van der Waals surface area contributed by atoms with E-state index < -0.39 is 23.9 Å². The molecule has 0 radical (unpaired) electrons. The molecule has 1 aliphatic rings. The first-order valence-electron chi connectivity index (χ1n) is 8.71. The minimum absolute atomic E-state index is 0.184. The fourth-order valence-corrected chi connectivity index (χ4v) is 2.93. The molecule has 0 bridgehead atoms. The molecule has 2 aromatic rings. The highest BCUT2D eigenvalue weighted by atomic mass is 19.1. The summed E-state index contributed by atoms with van der Waals surface area (Å²) in [5.74, 6) is -1.32. The topological polar surface area (TPSA) is 112 Å². The van der Waals surface area contributed by atoms with E-state index in [2.05, 4.69) is 5.32 Å². The maximum atomic E-state index is 14.7. The summed E-state index contributed by atoms with van der Waals surface area (Å²) in [6, 6.07) is 10.5. The molecule has 1 aliphatic heterocycles. The van der Waals surface area contributed by atoms with Gasteiger partial charge in [0.15, 0.2) is 6.19 Å². The molecule has 2 N–H and O–H groups in total. The Morgan fingerprint density at radius 1 is 1.28 bits per heavy atom. The summed E-state index contributed by atoms with van der Waals surface area (Å²) in [6.07, 6.45) is 0.428. The first-order valence-corrected chi connectivity index (χ1v) is 8.71. The summed E-state index contributed by atoms with van der Waals surface area (Å²) < 4.78 is 19.9. The second kappa shape index (κ2) is 8.39. The van der Waals surface area contributed by atoms with Gasteiger partial charge in [-0.2, -0.15) is 5.26 Å². The Hall–Kier alpha value is -3.93. The predicted molar refractivity (Wildman–Crippen MR) is 101 cm³/mol. The standard InChI is InChI=1S/C20H17FN4O4/c1-12(26)23-9-16-10-25(20(28)29-16)15-6-7-17(18(21)8-15)13-2-4-14(5-3-13)19(27)24-11-22/h2-8,16H,9-10H2,1H3,(H,23,26)(H,24,27). The van der Waals surface area contributed by atoms with Crippen LogP contribution in [0, 0.1) is 17.3 Å². The Labute approximate surface area is 165 Å². The zero-order valence-corrected chi connectivity index (χ0v) is 15.4. The molecule has 1 atom stereocenters. The SMILES string of the molecule is CC(=O)NCC1CN(c2ccc(-c3ccc(C(=O)NC#N)cc3)c(F)c2)C(=O)O1. The van der Waals surface area contributed by atoms with Gasteiger partial charge in [0, 0.05) is 18.1 Å². The van der Waals surface area contributed by atoms with Crippen LogP contribution >= 0.6 is 0 Å². The van der Waals surface area contributed by atoms with E-state index in [1.54, 1.807) is 24.4 Å². The van der Waals surface area contributed by atoms with E-state index in [4.69, 9.17) is 10.00 Å². The Morgan fingerprint density at radius 2 is 2.00 bits per heavy atom. The highest BCUT2D eigenvalue weighted by Gasteiger charge is 2.32. The van der Waals surface area contributed by atoms with Crippen molar-refractivity contribution in [2.75, 3.05) is 18.0 Å². The molecule has 29 heavy (non-hydrogen) atoms. The van der Waals surface area contributed by atoms with Crippen LogP contribution in [0.3, 0.4) is 0 Å². The van der Waals surface area contributed by atoms with Crippen LogP contribution in [0.2, 0.25) is 0 Å². The molecule has 1 unspecified atom stereocenters. The molecule has 3 amide bonds. The van der Waals surface area contributed by atoms with Crippen molar-refractivity contribution in [2.45, 2.75) is 13.0 Å². The molecular weight excluding hydrogens is 379 g/mol. The number of carbonyl (C=O) groups excluding carboxylic acids is 3. The van der Waals surface area contributed by atoms with E-state index in [0.717, 1.165) is 0 Å². The Morgan fingerprint density at radius 3 is 2.62 bits per heavy atom. The number of rotatable bonds is 5. The monoisotopic (exact) mass is 396 g/mol. The largest absolute Gasteiger partial charge is 0.442 e. The van der Waals surface area contributed by atoms with Gasteiger partial charge in [-0.05, 0) is 35.9 Å². The van der Waals surface area contributed by atoms with Gasteiger partial charge in [-0.25, -0.2) is 9.18 Å². The van der Waals surface area contributed by atoms with Crippen LogP contribution in [-0.2, 0) is 9.53 Å². The number of hydrogen-bond acceptors (Lipinski definition) is 5. The minimum Gasteiger partial charge on any atom is -0.442 e. The summed E-state index contributed by atoms with van der Waals surface area (Å²) >= 11 is 0. The van der Waals surface area contributed by atoms with Gasteiger partial charge in [-0.15, -0.1) is 0 Å². The van der Waals surface area contributed by atoms with Crippen molar-refractivity contribution < 1.29 is 23.5 Å². The average Bonchev–Trinajstić information content (AvgIpc) is 3.07. The molecule has 1 saturated heterocycles. The maximum Gasteiger partial charge on any atom is 0.414 e. The summed E-state index contributed by atoms with van der Waals surface area (Å²) in [5.41, 5.74) is 1.45. The fraction of sp³-hybridized carbons (Fsp3) is 0.200. The van der Waals surface area contributed by atoms with Gasteiger partial charge in [-0.3, -0.25) is 19.8 Å². The number of ether oxygens (including phenoxy) is 1. The molecule has 1 fully saturated rings. The third-order valence-corrected chi connectivity index (χ3v) is 4.34. The van der Waals surface area contributed by atoms with Gasteiger partial charge < -0.3 is 10.1 Å². The molecule has 1 heterocycles. The molecule has 9 heteroatoms. The van der Waals surface area contributed by atoms with Crippen molar-refractivity contribution in [2.24, 2.45) is 0 Å². The number of amides is 3. The van der Waals surface area contributed by atoms with Crippen molar-refractivity contribution >= 4 is 23.6 Å². The number of cyclic esters (lactones) is 1. The summed E-state index contributed by atoms with van der Waals surface area (Å²) in [7, 11) is 0. The summed E-state index contributed by atoms with van der Waals surface area (Å²) in [5, 5.41) is 13.1. The first kappa shape index (κ1) is 19.8. The first-order chi connectivity index (χ1) is 13.9. The Bertz CT molecular complexity index is 1000. The van der Waals surface area contributed by atoms with Crippen molar-refractivity contribution in [1.82, 2.24) is 10.6 Å². The number of halogens is 1. The number of carbonyl (C=O) groups is 3. The number of nitrogens with zero attached hydrogens (tertiary/aromatic N) is 2. The Balaban J connectivity index is 1.75. The third kappa shape index (κ3) is 4.50. The van der Waals surface area contributed by atoms with Crippen molar-refractivity contribution in [3.8, 4) is 17.3 Å². The smallest absolute Gasteiger partial charge is 0.414 e. The predicted octanol–water partition coefficient (Wildman–Crippen LogP) is 2.16. The number of anilines is 1. The number of nitrogens with one attached hydrogen (secondary N) is 2. The quantitative estimate of drug-likeness (QED) is 0.594. The summed E-state index contributed by atoms with van der Waals surface area (Å²) in [4.78, 5) is 36.0. The minimum atomic E-state index is -0.611. The third-order valence-electron chi connectivity index (χ3n) is 4.34. The highest BCUT2D eigenvalue weighted by molar-refractivity contribution is 5.95. The lowest BCUT2D eigenvalue weighted by Crippen LogP contribution is -2.33. The van der Waals surface area contributed by atoms with Crippen LogP contribution in [0.4, 0.5) is 14.9 Å². The van der Waals surface area contributed by atoms with Gasteiger partial charge in [0.25, 0.3) is 5.91 Å². The van der Waals surface area contributed by atoms with Crippen molar-refractivity contribution in [1.29, 1.82) is 5.26 Å². The van der Waals surface area contributed by atoms with Gasteiger partial charge in [0.05, 0.1) is 18.8 Å². The molecule has 2 aromatic carbocycles. The molecule has 0 spiro atoms. The average molecular weight is 396 g/mol. The van der Waals surface area contributed by atoms with Crippen LogP contribution in [0.15, 0.2) is 42.5 Å². The van der Waals surface area contributed by atoms with Gasteiger partial charge >= 0.3 is 6.09 Å². The second-order valence-electron chi connectivity index (χ2n) is 6.36. The molecular formula is C20H17FN4O4. The van der Waals surface area contributed by atoms with Crippen LogP contribution in [-0.4, -0.2) is 37.1 Å². The lowest BCUT2D eigenvalue weighted by atomic mass is 10.0. The Kier molecular flexibility index (Phi) is 5.74. The number of hydrogen-bond donors (Lipinski definition) is 2. The van der Waals surface area contributed by atoms with Crippen molar-refractivity contribution in [3.63, 3.8) is 0 Å². The second-order valence-corrected chi connectivity index (χ2v) is 6.36. The van der Waals surface area contributed by atoms with E-state index >= 15 is 0 Å². The molecule has 0 aliphatic carbocycles. The van der Waals surface area contributed by atoms with E-state index in [9.17, 15) is 18.8 Å². The van der Waals surface area contributed by atoms with Crippen LogP contribution in [0.1, 0.15) is 17.3 Å². The lowest BCUT2D eigenvalue weighted by Gasteiger charge is -2.14. The zero-order valence-electron chi connectivity index (χ0n) is 15.4. The van der Waals surface area contributed by atoms with Crippen LogP contribution in [0.5, 0.6) is 0 Å². The normalized spacial score (nSPS) is 15.4. The number of benzene rings is 2. The molecule has 3 rings (SSSR count). The maximum absolute atomic E-state index is 14.7. The molecule has 148 valence electrons. The molecule has 0 saturated carbocycles. The molecule has 8 nitrogen and oxygen atoms in total. The zero-order chi connectivity index (χ0) is 21.0.